The highest BCUT2D eigenvalue weighted by atomic mass is 32.2. The molecule has 4 aromatic rings. The predicted octanol–water partition coefficient (Wildman–Crippen LogP) is 4.37. The molecule has 0 aliphatic heterocycles. The van der Waals surface area contributed by atoms with Gasteiger partial charge in [0, 0.05) is 12.2 Å². The number of rotatable bonds is 6. The Hall–Kier alpha value is -2.89. The standard InChI is InChI=1S/C20H17N5OS2/c1-14(18(26)24(13-7-12-21)15-8-3-2-4-9-15)27-19-22-23-20-25(19)16-10-5-6-11-17(16)28-20/h2-6,8-11,14H,7,13H2,1H3. The van der Waals surface area contributed by atoms with Crippen LogP contribution < -0.4 is 4.90 Å². The molecule has 0 spiro atoms. The zero-order chi connectivity index (χ0) is 19.5. The van der Waals surface area contributed by atoms with E-state index in [0.29, 0.717) is 11.7 Å². The number of carbonyl (C=O) groups excluding carboxylic acids is 1. The molecule has 0 fully saturated rings. The number of amides is 1. The van der Waals surface area contributed by atoms with Crippen LogP contribution in [0, 0.1) is 11.3 Å². The highest BCUT2D eigenvalue weighted by Crippen LogP contribution is 2.32. The zero-order valence-electron chi connectivity index (χ0n) is 15.1. The molecule has 2 heterocycles. The van der Waals surface area contributed by atoms with Gasteiger partial charge < -0.3 is 4.90 Å². The third-order valence-electron chi connectivity index (χ3n) is 4.32. The van der Waals surface area contributed by atoms with Crippen LogP contribution in [0.4, 0.5) is 5.69 Å². The fraction of sp³-hybridized carbons (Fsp3) is 0.200. The van der Waals surface area contributed by atoms with Gasteiger partial charge in [-0.15, -0.1) is 10.2 Å². The molecule has 0 aliphatic carbocycles. The maximum absolute atomic E-state index is 13.2. The van der Waals surface area contributed by atoms with Crippen LogP contribution in [0.15, 0.2) is 59.8 Å². The Morgan fingerprint density at radius 1 is 1.21 bits per heavy atom. The molecule has 0 N–H and O–H groups in total. The van der Waals surface area contributed by atoms with Crippen molar-refractivity contribution in [2.45, 2.75) is 23.8 Å². The number of hydrogen-bond donors (Lipinski definition) is 0. The lowest BCUT2D eigenvalue weighted by Crippen LogP contribution is -2.37. The summed E-state index contributed by atoms with van der Waals surface area (Å²) in [6, 6.07) is 19.6. The second-order valence-corrected chi connectivity index (χ2v) is 8.48. The number of nitrogens with zero attached hydrogens (tertiary/aromatic N) is 5. The summed E-state index contributed by atoms with van der Waals surface area (Å²) in [5.41, 5.74) is 1.83. The highest BCUT2D eigenvalue weighted by molar-refractivity contribution is 8.00. The molecular formula is C20H17N5OS2. The fourth-order valence-corrected chi connectivity index (χ4v) is 4.94. The molecule has 0 bridgehead atoms. The first-order chi connectivity index (χ1) is 13.7. The largest absolute Gasteiger partial charge is 0.310 e. The summed E-state index contributed by atoms with van der Waals surface area (Å²) in [4.78, 5) is 15.6. The Kier molecular flexibility index (Phi) is 5.28. The summed E-state index contributed by atoms with van der Waals surface area (Å²) in [5, 5.41) is 17.8. The summed E-state index contributed by atoms with van der Waals surface area (Å²) < 4.78 is 3.13. The van der Waals surface area contributed by atoms with Gasteiger partial charge in [0.15, 0.2) is 5.16 Å². The van der Waals surface area contributed by atoms with Crippen LogP contribution in [0.5, 0.6) is 0 Å². The Bertz CT molecular complexity index is 1160. The maximum atomic E-state index is 13.2. The van der Waals surface area contributed by atoms with E-state index < -0.39 is 0 Å². The molecule has 4 rings (SSSR count). The van der Waals surface area contributed by atoms with Crippen molar-refractivity contribution in [3.63, 3.8) is 0 Å². The average molecular weight is 408 g/mol. The predicted molar refractivity (Wildman–Crippen MR) is 113 cm³/mol. The molecule has 1 unspecified atom stereocenters. The minimum Gasteiger partial charge on any atom is -0.310 e. The molecule has 140 valence electrons. The van der Waals surface area contributed by atoms with Crippen LogP contribution in [0.25, 0.3) is 15.2 Å². The topological polar surface area (TPSA) is 74.3 Å². The lowest BCUT2D eigenvalue weighted by molar-refractivity contribution is -0.117. The van der Waals surface area contributed by atoms with E-state index in [1.54, 1.807) is 16.2 Å². The van der Waals surface area contributed by atoms with Gasteiger partial charge >= 0.3 is 0 Å². The summed E-state index contributed by atoms with van der Waals surface area (Å²) >= 11 is 2.96. The Labute approximate surface area is 170 Å². The molecular weight excluding hydrogens is 390 g/mol. The van der Waals surface area contributed by atoms with Crippen LogP contribution in [0.1, 0.15) is 13.3 Å². The van der Waals surface area contributed by atoms with Crippen molar-refractivity contribution in [3.8, 4) is 6.07 Å². The van der Waals surface area contributed by atoms with Crippen LogP contribution in [0.3, 0.4) is 0 Å². The van der Waals surface area contributed by atoms with E-state index >= 15 is 0 Å². The summed E-state index contributed by atoms with van der Waals surface area (Å²) in [6.45, 7) is 2.23. The molecule has 2 aromatic heterocycles. The molecule has 2 aromatic carbocycles. The third-order valence-corrected chi connectivity index (χ3v) is 6.36. The Balaban J connectivity index is 1.61. The number of benzene rings is 2. The fourth-order valence-electron chi connectivity index (χ4n) is 3.00. The van der Waals surface area contributed by atoms with E-state index in [0.717, 1.165) is 20.9 Å². The lowest BCUT2D eigenvalue weighted by atomic mass is 10.2. The Morgan fingerprint density at radius 2 is 1.96 bits per heavy atom. The third kappa shape index (κ3) is 3.46. The Morgan fingerprint density at radius 3 is 2.75 bits per heavy atom. The smallest absolute Gasteiger partial charge is 0.240 e. The van der Waals surface area contributed by atoms with Crippen molar-refractivity contribution in [1.29, 1.82) is 5.26 Å². The van der Waals surface area contributed by atoms with Crippen molar-refractivity contribution in [2.75, 3.05) is 11.4 Å². The zero-order valence-corrected chi connectivity index (χ0v) is 16.8. The van der Waals surface area contributed by atoms with Gasteiger partial charge in [0.1, 0.15) is 0 Å². The van der Waals surface area contributed by atoms with E-state index in [2.05, 4.69) is 22.3 Å². The van der Waals surface area contributed by atoms with E-state index in [1.165, 1.54) is 11.8 Å². The van der Waals surface area contributed by atoms with Gasteiger partial charge in [0.2, 0.25) is 10.9 Å². The second-order valence-electron chi connectivity index (χ2n) is 6.16. The first-order valence-corrected chi connectivity index (χ1v) is 10.5. The van der Waals surface area contributed by atoms with E-state index in [-0.39, 0.29) is 17.6 Å². The summed E-state index contributed by atoms with van der Waals surface area (Å²) in [5.74, 6) is -0.0530. The van der Waals surface area contributed by atoms with Crippen molar-refractivity contribution < 1.29 is 4.79 Å². The first-order valence-electron chi connectivity index (χ1n) is 8.81. The van der Waals surface area contributed by atoms with Gasteiger partial charge in [-0.05, 0) is 31.2 Å². The minimum absolute atomic E-state index is 0.0530. The van der Waals surface area contributed by atoms with Gasteiger partial charge in [0.05, 0.1) is 28.0 Å². The summed E-state index contributed by atoms with van der Waals surface area (Å²) in [7, 11) is 0. The van der Waals surface area contributed by atoms with Gasteiger partial charge in [-0.2, -0.15) is 5.26 Å². The number of thioether (sulfide) groups is 1. The molecule has 8 heteroatoms. The molecule has 0 saturated heterocycles. The molecule has 28 heavy (non-hydrogen) atoms. The molecule has 0 aliphatic rings. The SMILES string of the molecule is CC(Sc1nnc2sc3ccccc3n12)C(=O)N(CCC#N)c1ccccc1. The van der Waals surface area contributed by atoms with E-state index in [1.807, 2.05) is 59.9 Å². The number of fused-ring (bicyclic) bond motifs is 3. The number of anilines is 1. The van der Waals surface area contributed by atoms with Crippen molar-refractivity contribution in [2.24, 2.45) is 0 Å². The van der Waals surface area contributed by atoms with Crippen LogP contribution in [-0.4, -0.2) is 32.3 Å². The maximum Gasteiger partial charge on any atom is 0.240 e. The monoisotopic (exact) mass is 407 g/mol. The highest BCUT2D eigenvalue weighted by Gasteiger charge is 2.25. The van der Waals surface area contributed by atoms with Gasteiger partial charge in [-0.3, -0.25) is 9.20 Å². The van der Waals surface area contributed by atoms with Crippen LogP contribution in [-0.2, 0) is 4.79 Å². The number of nitriles is 1. The normalized spacial score (nSPS) is 12.1. The quantitative estimate of drug-likeness (QED) is 0.444. The number of thiazole rings is 1. The van der Waals surface area contributed by atoms with E-state index in [9.17, 15) is 4.79 Å². The van der Waals surface area contributed by atoms with Crippen molar-refractivity contribution >= 4 is 49.9 Å². The minimum atomic E-state index is -0.370. The van der Waals surface area contributed by atoms with Crippen molar-refractivity contribution in [1.82, 2.24) is 14.6 Å². The first kappa shape index (κ1) is 18.5. The van der Waals surface area contributed by atoms with Gasteiger partial charge in [0.25, 0.3) is 0 Å². The molecule has 0 radical (unpaired) electrons. The second kappa shape index (κ2) is 8.00. The van der Waals surface area contributed by atoms with Crippen LogP contribution >= 0.6 is 23.1 Å². The van der Waals surface area contributed by atoms with Gasteiger partial charge in [-0.25, -0.2) is 0 Å². The number of carbonyl (C=O) groups is 1. The van der Waals surface area contributed by atoms with E-state index in [4.69, 9.17) is 5.26 Å². The number of hydrogen-bond acceptors (Lipinski definition) is 6. The lowest BCUT2D eigenvalue weighted by Gasteiger charge is -2.24. The molecule has 6 nitrogen and oxygen atoms in total. The summed E-state index contributed by atoms with van der Waals surface area (Å²) in [6.07, 6.45) is 0.280. The molecule has 0 saturated carbocycles. The molecule has 1 atom stereocenters. The molecule has 1 amide bonds. The average Bonchev–Trinajstić information content (AvgIpc) is 3.28. The van der Waals surface area contributed by atoms with Gasteiger partial charge in [-0.1, -0.05) is 53.4 Å². The number of para-hydroxylation sites is 2. The number of aromatic nitrogens is 3. The van der Waals surface area contributed by atoms with Crippen LogP contribution in [0.2, 0.25) is 0 Å². The van der Waals surface area contributed by atoms with Crippen molar-refractivity contribution in [3.05, 3.63) is 54.6 Å².